The molecule has 3 aliphatic rings. The highest BCUT2D eigenvalue weighted by atomic mass is 32.2. The van der Waals surface area contributed by atoms with Crippen molar-refractivity contribution < 1.29 is 27.8 Å². The Morgan fingerprint density at radius 3 is 2.89 bits per heavy atom. The molecule has 0 aliphatic carbocycles. The standard InChI is InChI=1S/C18H25N3O6S/c1-20-15(18(23)21-6-2-3-12(9-21)10-22)8-14(19-28(20,24)25)13-4-5-16-17(7-13)27-11-26-16/h4-5,7,12,14-15,19,22H,2-3,6,8-11H2,1H3. The van der Waals surface area contributed by atoms with E-state index in [-0.39, 0.29) is 25.2 Å². The Hall–Kier alpha value is -1.88. The van der Waals surface area contributed by atoms with Gasteiger partial charge in [-0.2, -0.15) is 17.4 Å². The molecule has 154 valence electrons. The number of aliphatic hydroxyl groups excluding tert-OH is 1. The zero-order valence-corrected chi connectivity index (χ0v) is 16.5. The second-order valence-corrected chi connectivity index (χ2v) is 9.29. The molecule has 10 heteroatoms. The fourth-order valence-corrected chi connectivity index (χ4v) is 5.33. The Kier molecular flexibility index (Phi) is 5.21. The molecule has 28 heavy (non-hydrogen) atoms. The average Bonchev–Trinajstić information content (AvgIpc) is 3.17. The molecule has 2 N–H and O–H groups in total. The number of nitrogens with zero attached hydrogens (tertiary/aromatic N) is 2. The number of amides is 1. The first-order chi connectivity index (χ1) is 13.4. The van der Waals surface area contributed by atoms with Crippen molar-refractivity contribution >= 4 is 16.1 Å². The summed E-state index contributed by atoms with van der Waals surface area (Å²) in [6.07, 6.45) is 2.00. The monoisotopic (exact) mass is 411 g/mol. The largest absolute Gasteiger partial charge is 0.454 e. The molecule has 0 aromatic heterocycles. The van der Waals surface area contributed by atoms with Crippen LogP contribution >= 0.6 is 0 Å². The third kappa shape index (κ3) is 3.57. The van der Waals surface area contributed by atoms with Crippen molar-refractivity contribution in [1.82, 2.24) is 13.9 Å². The van der Waals surface area contributed by atoms with E-state index in [0.717, 1.165) is 22.7 Å². The van der Waals surface area contributed by atoms with Gasteiger partial charge >= 0.3 is 0 Å². The number of likely N-dealkylation sites (tertiary alicyclic amines) is 1. The maximum absolute atomic E-state index is 13.1. The highest BCUT2D eigenvalue weighted by molar-refractivity contribution is 7.87. The number of likely N-dealkylation sites (N-methyl/N-ethyl adjacent to an activating group) is 1. The zero-order chi connectivity index (χ0) is 19.9. The van der Waals surface area contributed by atoms with Crippen molar-refractivity contribution in [3.8, 4) is 11.5 Å². The van der Waals surface area contributed by atoms with E-state index in [1.807, 2.05) is 0 Å². The molecule has 1 aromatic carbocycles. The van der Waals surface area contributed by atoms with Gasteiger partial charge in [-0.1, -0.05) is 6.07 Å². The van der Waals surface area contributed by atoms with E-state index in [4.69, 9.17) is 9.47 Å². The number of carbonyl (C=O) groups excluding carboxylic acids is 1. The molecule has 0 spiro atoms. The minimum atomic E-state index is -3.81. The minimum absolute atomic E-state index is 0.0317. The number of nitrogens with one attached hydrogen (secondary N) is 1. The predicted molar refractivity (Wildman–Crippen MR) is 99.9 cm³/mol. The summed E-state index contributed by atoms with van der Waals surface area (Å²) in [7, 11) is -2.39. The number of aliphatic hydroxyl groups is 1. The highest BCUT2D eigenvalue weighted by Gasteiger charge is 2.43. The number of fused-ring (bicyclic) bond motifs is 1. The maximum atomic E-state index is 13.1. The molecule has 3 aliphatic heterocycles. The zero-order valence-electron chi connectivity index (χ0n) is 15.7. The van der Waals surface area contributed by atoms with E-state index in [1.54, 1.807) is 23.1 Å². The molecule has 0 bridgehead atoms. The molecule has 2 fully saturated rings. The lowest BCUT2D eigenvalue weighted by atomic mass is 9.95. The van der Waals surface area contributed by atoms with Crippen LogP contribution < -0.4 is 14.2 Å². The van der Waals surface area contributed by atoms with Crippen LogP contribution in [-0.4, -0.2) is 68.2 Å². The Bertz CT molecular complexity index is 861. The van der Waals surface area contributed by atoms with Crippen LogP contribution in [0, 0.1) is 5.92 Å². The lowest BCUT2D eigenvalue weighted by Gasteiger charge is -2.40. The summed E-state index contributed by atoms with van der Waals surface area (Å²) in [6, 6.07) is 3.96. The molecule has 3 unspecified atom stereocenters. The van der Waals surface area contributed by atoms with Gasteiger partial charge in [0.2, 0.25) is 12.7 Å². The molecule has 3 atom stereocenters. The summed E-state index contributed by atoms with van der Waals surface area (Å²) in [5, 5.41) is 9.43. The van der Waals surface area contributed by atoms with Crippen LogP contribution in [-0.2, 0) is 15.0 Å². The van der Waals surface area contributed by atoms with Crippen molar-refractivity contribution in [3.63, 3.8) is 0 Å². The van der Waals surface area contributed by atoms with Gasteiger partial charge in [-0.25, -0.2) is 0 Å². The van der Waals surface area contributed by atoms with Gasteiger partial charge in [0.05, 0.1) is 6.04 Å². The molecular formula is C18H25N3O6S. The van der Waals surface area contributed by atoms with Gasteiger partial charge in [0, 0.05) is 26.7 Å². The first kappa shape index (κ1) is 19.4. The molecule has 2 saturated heterocycles. The summed E-state index contributed by atoms with van der Waals surface area (Å²) in [5.74, 6) is 1.03. The van der Waals surface area contributed by atoms with Crippen molar-refractivity contribution in [2.75, 3.05) is 33.5 Å². The second kappa shape index (κ2) is 7.51. The van der Waals surface area contributed by atoms with Crippen LogP contribution in [0.15, 0.2) is 18.2 Å². The van der Waals surface area contributed by atoms with Crippen LogP contribution in [0.4, 0.5) is 0 Å². The molecule has 0 saturated carbocycles. The summed E-state index contributed by atoms with van der Waals surface area (Å²) in [6.45, 7) is 1.22. The molecule has 1 amide bonds. The third-order valence-corrected chi connectivity index (χ3v) is 7.34. The predicted octanol–water partition coefficient (Wildman–Crippen LogP) is 0.226. The summed E-state index contributed by atoms with van der Waals surface area (Å²) in [4.78, 5) is 14.8. The van der Waals surface area contributed by atoms with E-state index in [1.165, 1.54) is 7.05 Å². The number of rotatable bonds is 3. The Morgan fingerprint density at radius 1 is 1.32 bits per heavy atom. The van der Waals surface area contributed by atoms with E-state index < -0.39 is 22.3 Å². The van der Waals surface area contributed by atoms with Gasteiger partial charge in [0.25, 0.3) is 10.2 Å². The number of ether oxygens (including phenoxy) is 2. The normalized spacial score (nSPS) is 29.6. The Balaban J connectivity index is 1.57. The Morgan fingerprint density at radius 2 is 2.11 bits per heavy atom. The van der Waals surface area contributed by atoms with Crippen LogP contribution in [0.1, 0.15) is 30.9 Å². The number of hydrogen-bond acceptors (Lipinski definition) is 6. The van der Waals surface area contributed by atoms with Gasteiger partial charge in [-0.3, -0.25) is 4.79 Å². The van der Waals surface area contributed by atoms with Gasteiger partial charge in [-0.15, -0.1) is 0 Å². The minimum Gasteiger partial charge on any atom is -0.454 e. The topological polar surface area (TPSA) is 108 Å². The molecular weight excluding hydrogens is 386 g/mol. The summed E-state index contributed by atoms with van der Waals surface area (Å²) < 4.78 is 39.8. The number of carbonyl (C=O) groups is 1. The van der Waals surface area contributed by atoms with Crippen molar-refractivity contribution in [1.29, 1.82) is 0 Å². The van der Waals surface area contributed by atoms with Gasteiger partial charge in [0.1, 0.15) is 6.04 Å². The van der Waals surface area contributed by atoms with Crippen LogP contribution in [0.25, 0.3) is 0 Å². The third-order valence-electron chi connectivity index (χ3n) is 5.74. The van der Waals surface area contributed by atoms with Crippen molar-refractivity contribution in [3.05, 3.63) is 23.8 Å². The van der Waals surface area contributed by atoms with Crippen LogP contribution in [0.2, 0.25) is 0 Å². The van der Waals surface area contributed by atoms with E-state index in [9.17, 15) is 18.3 Å². The molecule has 9 nitrogen and oxygen atoms in total. The Labute approximate surface area is 164 Å². The van der Waals surface area contributed by atoms with Crippen molar-refractivity contribution in [2.45, 2.75) is 31.3 Å². The summed E-state index contributed by atoms with van der Waals surface area (Å²) in [5.41, 5.74) is 0.727. The van der Waals surface area contributed by atoms with Crippen LogP contribution in [0.5, 0.6) is 11.5 Å². The first-order valence-corrected chi connectivity index (χ1v) is 10.9. The molecule has 3 heterocycles. The number of benzene rings is 1. The first-order valence-electron chi connectivity index (χ1n) is 9.43. The summed E-state index contributed by atoms with van der Waals surface area (Å²) >= 11 is 0. The van der Waals surface area contributed by atoms with Gasteiger partial charge in [-0.05, 0) is 42.9 Å². The lowest BCUT2D eigenvalue weighted by Crippen LogP contribution is -2.58. The fourth-order valence-electron chi connectivity index (χ4n) is 4.07. The maximum Gasteiger partial charge on any atom is 0.280 e. The fraction of sp³-hybridized carbons (Fsp3) is 0.611. The highest BCUT2D eigenvalue weighted by Crippen LogP contribution is 2.37. The SMILES string of the molecule is CN1C(C(=O)N2CCCC(CO)C2)CC(c2ccc3c(c2)OCO3)NS1(=O)=O. The van der Waals surface area contributed by atoms with E-state index in [0.29, 0.717) is 31.0 Å². The number of hydrogen-bond donors (Lipinski definition) is 2. The average molecular weight is 411 g/mol. The van der Waals surface area contributed by atoms with Crippen molar-refractivity contribution in [2.24, 2.45) is 5.92 Å². The molecule has 1 aromatic rings. The van der Waals surface area contributed by atoms with Crippen LogP contribution in [0.3, 0.4) is 0 Å². The smallest absolute Gasteiger partial charge is 0.280 e. The van der Waals surface area contributed by atoms with Gasteiger partial charge in [0.15, 0.2) is 11.5 Å². The molecule has 0 radical (unpaired) electrons. The van der Waals surface area contributed by atoms with E-state index >= 15 is 0 Å². The van der Waals surface area contributed by atoms with E-state index in [2.05, 4.69) is 4.72 Å². The lowest BCUT2D eigenvalue weighted by molar-refractivity contribution is -0.137. The second-order valence-electron chi connectivity index (χ2n) is 7.53. The number of piperidine rings is 1. The van der Waals surface area contributed by atoms with Gasteiger partial charge < -0.3 is 19.5 Å². The quantitative estimate of drug-likeness (QED) is 0.737. The molecule has 4 rings (SSSR count).